The van der Waals surface area contributed by atoms with Crippen LogP contribution in [0.1, 0.15) is 17.5 Å². The molecule has 22 heavy (non-hydrogen) atoms. The molecular formula is C17H15ClO4. The van der Waals surface area contributed by atoms with Gasteiger partial charge in [-0.25, -0.2) is 0 Å². The van der Waals surface area contributed by atoms with Crippen molar-refractivity contribution in [3.05, 3.63) is 52.5 Å². The van der Waals surface area contributed by atoms with Crippen molar-refractivity contribution in [3.8, 4) is 17.2 Å². The van der Waals surface area contributed by atoms with E-state index in [1.165, 1.54) is 0 Å². The SMILES string of the molecule is Cc1cc(Cl)ccc1OC(=O)CCc1ccc2c(c1)OCO2. The fourth-order valence-corrected chi connectivity index (χ4v) is 2.47. The van der Waals surface area contributed by atoms with Gasteiger partial charge in [-0.15, -0.1) is 0 Å². The van der Waals surface area contributed by atoms with Gasteiger partial charge in [0.2, 0.25) is 6.79 Å². The first-order chi connectivity index (χ1) is 10.6. The number of ether oxygens (including phenoxy) is 3. The van der Waals surface area contributed by atoms with Crippen LogP contribution in [0.2, 0.25) is 5.02 Å². The first-order valence-corrected chi connectivity index (χ1v) is 7.35. The molecule has 2 aromatic rings. The molecule has 0 saturated heterocycles. The van der Waals surface area contributed by atoms with Crippen molar-refractivity contribution < 1.29 is 19.0 Å². The standard InChI is InChI=1S/C17H15ClO4/c1-11-8-13(18)4-6-14(11)22-17(19)7-3-12-2-5-15-16(9-12)21-10-20-15/h2,4-6,8-9H,3,7,10H2,1H3. The van der Waals surface area contributed by atoms with Gasteiger partial charge in [-0.05, 0) is 54.8 Å². The van der Waals surface area contributed by atoms with Crippen LogP contribution in [0.4, 0.5) is 0 Å². The van der Waals surface area contributed by atoms with E-state index in [0.29, 0.717) is 23.6 Å². The minimum atomic E-state index is -0.275. The number of hydrogen-bond acceptors (Lipinski definition) is 4. The van der Waals surface area contributed by atoms with Crippen molar-refractivity contribution >= 4 is 17.6 Å². The number of esters is 1. The molecule has 0 amide bonds. The van der Waals surface area contributed by atoms with E-state index in [0.717, 1.165) is 22.6 Å². The van der Waals surface area contributed by atoms with Gasteiger partial charge in [-0.1, -0.05) is 17.7 Å². The number of carbonyl (C=O) groups is 1. The molecule has 0 aliphatic carbocycles. The Morgan fingerprint density at radius 1 is 1.18 bits per heavy atom. The molecule has 1 aliphatic rings. The van der Waals surface area contributed by atoms with Gasteiger partial charge in [-0.2, -0.15) is 0 Å². The summed E-state index contributed by atoms with van der Waals surface area (Å²) in [6.45, 7) is 2.10. The number of fused-ring (bicyclic) bond motifs is 1. The second kappa shape index (κ2) is 6.28. The Balaban J connectivity index is 1.58. The second-order valence-corrected chi connectivity index (χ2v) is 5.51. The van der Waals surface area contributed by atoms with E-state index in [1.807, 2.05) is 25.1 Å². The van der Waals surface area contributed by atoms with Crippen LogP contribution in [0, 0.1) is 6.92 Å². The Labute approximate surface area is 133 Å². The zero-order chi connectivity index (χ0) is 15.5. The summed E-state index contributed by atoms with van der Waals surface area (Å²) in [5.74, 6) is 1.73. The van der Waals surface area contributed by atoms with Gasteiger partial charge < -0.3 is 14.2 Å². The maximum atomic E-state index is 11.9. The van der Waals surface area contributed by atoms with Crippen LogP contribution in [0.3, 0.4) is 0 Å². The molecule has 0 atom stereocenters. The van der Waals surface area contributed by atoms with Gasteiger partial charge in [0.15, 0.2) is 11.5 Å². The average molecular weight is 319 g/mol. The minimum absolute atomic E-state index is 0.247. The number of halogens is 1. The van der Waals surface area contributed by atoms with Crippen molar-refractivity contribution in [3.63, 3.8) is 0 Å². The third-order valence-electron chi connectivity index (χ3n) is 3.42. The molecule has 0 radical (unpaired) electrons. The predicted octanol–water partition coefficient (Wildman–Crippen LogP) is 3.92. The van der Waals surface area contributed by atoms with E-state index in [4.69, 9.17) is 25.8 Å². The van der Waals surface area contributed by atoms with E-state index < -0.39 is 0 Å². The monoisotopic (exact) mass is 318 g/mol. The molecule has 4 nitrogen and oxygen atoms in total. The van der Waals surface area contributed by atoms with Gasteiger partial charge in [0.05, 0.1) is 0 Å². The molecule has 114 valence electrons. The normalized spacial score (nSPS) is 12.3. The van der Waals surface area contributed by atoms with Crippen molar-refractivity contribution in [2.75, 3.05) is 6.79 Å². The van der Waals surface area contributed by atoms with Gasteiger partial charge in [0.1, 0.15) is 5.75 Å². The molecule has 1 aliphatic heterocycles. The lowest BCUT2D eigenvalue weighted by molar-refractivity contribution is -0.134. The molecule has 5 heteroatoms. The summed E-state index contributed by atoms with van der Waals surface area (Å²) in [6, 6.07) is 10.8. The number of hydrogen-bond donors (Lipinski definition) is 0. The van der Waals surface area contributed by atoms with Crippen LogP contribution in [-0.4, -0.2) is 12.8 Å². The maximum Gasteiger partial charge on any atom is 0.311 e. The molecule has 0 spiro atoms. The maximum absolute atomic E-state index is 11.9. The largest absolute Gasteiger partial charge is 0.454 e. The summed E-state index contributed by atoms with van der Waals surface area (Å²) in [5.41, 5.74) is 1.85. The van der Waals surface area contributed by atoms with Gasteiger partial charge in [-0.3, -0.25) is 4.79 Å². The highest BCUT2D eigenvalue weighted by Crippen LogP contribution is 2.32. The van der Waals surface area contributed by atoms with Crippen molar-refractivity contribution in [1.29, 1.82) is 0 Å². The topological polar surface area (TPSA) is 44.8 Å². The predicted molar refractivity (Wildman–Crippen MR) is 82.7 cm³/mol. The molecule has 0 N–H and O–H groups in total. The smallest absolute Gasteiger partial charge is 0.311 e. The van der Waals surface area contributed by atoms with Crippen molar-refractivity contribution in [2.45, 2.75) is 19.8 Å². The second-order valence-electron chi connectivity index (χ2n) is 5.07. The average Bonchev–Trinajstić information content (AvgIpc) is 2.95. The molecule has 0 bridgehead atoms. The van der Waals surface area contributed by atoms with Crippen LogP contribution >= 0.6 is 11.6 Å². The lowest BCUT2D eigenvalue weighted by Gasteiger charge is -2.08. The molecule has 1 heterocycles. The summed E-state index contributed by atoms with van der Waals surface area (Å²) in [4.78, 5) is 11.9. The first kappa shape index (κ1) is 14.7. The fourth-order valence-electron chi connectivity index (χ4n) is 2.24. The molecule has 3 rings (SSSR count). The van der Waals surface area contributed by atoms with E-state index in [-0.39, 0.29) is 12.8 Å². The summed E-state index contributed by atoms with van der Waals surface area (Å²) in [6.07, 6.45) is 0.879. The Kier molecular flexibility index (Phi) is 4.20. The number of aryl methyl sites for hydroxylation is 2. The highest BCUT2D eigenvalue weighted by atomic mass is 35.5. The van der Waals surface area contributed by atoms with E-state index >= 15 is 0 Å². The first-order valence-electron chi connectivity index (χ1n) is 6.97. The van der Waals surface area contributed by atoms with Crippen LogP contribution in [0.25, 0.3) is 0 Å². The zero-order valence-electron chi connectivity index (χ0n) is 12.1. The Hall–Kier alpha value is -2.20. The molecule has 2 aromatic carbocycles. The molecule has 0 saturated carbocycles. The van der Waals surface area contributed by atoms with E-state index in [1.54, 1.807) is 18.2 Å². The summed E-state index contributed by atoms with van der Waals surface area (Å²) in [7, 11) is 0. The third kappa shape index (κ3) is 3.34. The highest BCUT2D eigenvalue weighted by Gasteiger charge is 2.14. The quantitative estimate of drug-likeness (QED) is 0.633. The van der Waals surface area contributed by atoms with Crippen LogP contribution in [0.5, 0.6) is 17.2 Å². The lowest BCUT2D eigenvalue weighted by Crippen LogP contribution is -2.09. The molecule has 0 fully saturated rings. The number of benzene rings is 2. The van der Waals surface area contributed by atoms with Gasteiger partial charge in [0.25, 0.3) is 0 Å². The van der Waals surface area contributed by atoms with Crippen LogP contribution in [-0.2, 0) is 11.2 Å². The van der Waals surface area contributed by atoms with Gasteiger partial charge >= 0.3 is 5.97 Å². The Morgan fingerprint density at radius 2 is 2.00 bits per heavy atom. The van der Waals surface area contributed by atoms with Crippen LogP contribution in [0.15, 0.2) is 36.4 Å². The van der Waals surface area contributed by atoms with E-state index in [2.05, 4.69) is 0 Å². The van der Waals surface area contributed by atoms with Crippen LogP contribution < -0.4 is 14.2 Å². The summed E-state index contributed by atoms with van der Waals surface area (Å²) in [5, 5.41) is 0.623. The number of rotatable bonds is 4. The van der Waals surface area contributed by atoms with E-state index in [9.17, 15) is 4.79 Å². The third-order valence-corrected chi connectivity index (χ3v) is 3.65. The zero-order valence-corrected chi connectivity index (χ0v) is 12.9. The summed E-state index contributed by atoms with van der Waals surface area (Å²) >= 11 is 5.88. The van der Waals surface area contributed by atoms with Crippen molar-refractivity contribution in [2.24, 2.45) is 0 Å². The van der Waals surface area contributed by atoms with Crippen molar-refractivity contribution in [1.82, 2.24) is 0 Å². The molecule has 0 unspecified atom stereocenters. The number of carbonyl (C=O) groups excluding carboxylic acids is 1. The Morgan fingerprint density at radius 3 is 2.82 bits per heavy atom. The summed E-state index contributed by atoms with van der Waals surface area (Å²) < 4.78 is 15.9. The lowest BCUT2D eigenvalue weighted by atomic mass is 10.1. The fraction of sp³-hybridized carbons (Fsp3) is 0.235. The molecular weight excluding hydrogens is 304 g/mol. The van der Waals surface area contributed by atoms with Gasteiger partial charge in [0, 0.05) is 11.4 Å². The minimum Gasteiger partial charge on any atom is -0.454 e. The highest BCUT2D eigenvalue weighted by molar-refractivity contribution is 6.30. The molecule has 0 aromatic heterocycles. The Bertz CT molecular complexity index is 712.